The van der Waals surface area contributed by atoms with Crippen molar-refractivity contribution in [3.05, 3.63) is 35.9 Å². The minimum atomic E-state index is -0.200. The number of piperidine rings is 2. The molecule has 0 spiro atoms. The van der Waals surface area contributed by atoms with Crippen LogP contribution in [-0.2, 0) is 11.3 Å². The first kappa shape index (κ1) is 25.7. The lowest BCUT2D eigenvalue weighted by molar-refractivity contribution is 0.0962. The zero-order valence-corrected chi connectivity index (χ0v) is 21.2. The predicted octanol–water partition coefficient (Wildman–Crippen LogP) is 3.45. The van der Waals surface area contributed by atoms with Crippen LogP contribution in [0.2, 0.25) is 0 Å². The van der Waals surface area contributed by atoms with Crippen molar-refractivity contribution in [1.29, 1.82) is 0 Å². The molecule has 8 heteroatoms. The highest BCUT2D eigenvalue weighted by Gasteiger charge is 2.25. The summed E-state index contributed by atoms with van der Waals surface area (Å²) in [6, 6.07) is 11.6. The molecule has 0 aliphatic carbocycles. The van der Waals surface area contributed by atoms with Gasteiger partial charge in [0.15, 0.2) is 5.96 Å². The van der Waals surface area contributed by atoms with E-state index < -0.39 is 0 Å². The lowest BCUT2D eigenvalue weighted by atomic mass is 10.0. The molecule has 2 saturated heterocycles. The number of rotatable bonds is 6. The van der Waals surface area contributed by atoms with Gasteiger partial charge in [0.05, 0.1) is 6.61 Å². The fraction of sp³-hybridized carbons (Fsp3) is 0.652. The maximum Gasteiger partial charge on any atom is 0.409 e. The second-order valence-electron chi connectivity index (χ2n) is 8.16. The number of aliphatic imine (C=N–C) groups is 1. The van der Waals surface area contributed by atoms with Gasteiger partial charge in [-0.1, -0.05) is 36.8 Å². The summed E-state index contributed by atoms with van der Waals surface area (Å²) >= 11 is 0. The first-order chi connectivity index (χ1) is 14.7. The highest BCUT2D eigenvalue weighted by atomic mass is 127. The largest absolute Gasteiger partial charge is 0.450 e. The molecule has 0 radical (unpaired) electrons. The molecule has 2 heterocycles. The molecule has 1 aromatic rings. The van der Waals surface area contributed by atoms with E-state index in [2.05, 4.69) is 50.9 Å². The third-order valence-electron chi connectivity index (χ3n) is 6.07. The molecule has 31 heavy (non-hydrogen) atoms. The smallest absolute Gasteiger partial charge is 0.409 e. The van der Waals surface area contributed by atoms with E-state index in [0.717, 1.165) is 51.5 Å². The van der Waals surface area contributed by atoms with E-state index in [0.29, 0.717) is 18.7 Å². The number of carbonyl (C=O) groups excluding carboxylic acids is 1. The first-order valence-electron chi connectivity index (χ1n) is 11.4. The molecule has 2 aliphatic heterocycles. The predicted molar refractivity (Wildman–Crippen MR) is 136 cm³/mol. The molecular weight excluding hydrogens is 505 g/mol. The summed E-state index contributed by atoms with van der Waals surface area (Å²) in [5.41, 5.74) is 1.38. The molecule has 1 unspecified atom stereocenters. The number of nitrogens with zero attached hydrogens (tertiary/aromatic N) is 3. The van der Waals surface area contributed by atoms with Crippen molar-refractivity contribution in [1.82, 2.24) is 20.4 Å². The van der Waals surface area contributed by atoms with Gasteiger partial charge in [0.25, 0.3) is 0 Å². The summed E-state index contributed by atoms with van der Waals surface area (Å²) < 4.78 is 5.10. The van der Waals surface area contributed by atoms with Crippen molar-refractivity contribution in [3.63, 3.8) is 0 Å². The molecule has 2 aliphatic rings. The van der Waals surface area contributed by atoms with Crippen LogP contribution in [0.1, 0.15) is 44.6 Å². The Morgan fingerprint density at radius 2 is 1.87 bits per heavy atom. The molecule has 1 aromatic carbocycles. The Morgan fingerprint density at radius 3 is 2.55 bits per heavy atom. The van der Waals surface area contributed by atoms with Crippen molar-refractivity contribution >= 4 is 36.0 Å². The number of hydrogen-bond acceptors (Lipinski definition) is 4. The summed E-state index contributed by atoms with van der Waals surface area (Å²) in [6.07, 6.45) is 5.39. The summed E-state index contributed by atoms with van der Waals surface area (Å²) in [4.78, 5) is 20.7. The number of benzene rings is 1. The Kier molecular flexibility index (Phi) is 11.4. The van der Waals surface area contributed by atoms with E-state index in [4.69, 9.17) is 4.74 Å². The number of guanidine groups is 1. The second-order valence-corrected chi connectivity index (χ2v) is 8.16. The van der Waals surface area contributed by atoms with E-state index in [1.54, 1.807) is 4.90 Å². The van der Waals surface area contributed by atoms with Crippen LogP contribution in [0.25, 0.3) is 0 Å². The standard InChI is InChI=1S/C23H37N5O2.HI/c1-3-30-23(29)27-15-12-20(13-16-27)26-22(24-2)25-17-21-11-7-8-14-28(21)18-19-9-5-4-6-10-19;/h4-6,9-10,20-21H,3,7-8,11-18H2,1-2H3,(H2,24,25,26);1H. The molecule has 174 valence electrons. The summed E-state index contributed by atoms with van der Waals surface area (Å²) in [6.45, 7) is 6.77. The van der Waals surface area contributed by atoms with Gasteiger partial charge in [-0.2, -0.15) is 0 Å². The molecule has 0 aromatic heterocycles. The number of likely N-dealkylation sites (tertiary alicyclic amines) is 2. The van der Waals surface area contributed by atoms with Gasteiger partial charge in [-0.3, -0.25) is 9.89 Å². The molecule has 2 N–H and O–H groups in total. The lowest BCUT2D eigenvalue weighted by Gasteiger charge is -2.37. The quantitative estimate of drug-likeness (QED) is 0.327. The maximum atomic E-state index is 11.9. The lowest BCUT2D eigenvalue weighted by Crippen LogP contribution is -2.52. The zero-order chi connectivity index (χ0) is 21.2. The van der Waals surface area contributed by atoms with Gasteiger partial charge in [-0.25, -0.2) is 4.79 Å². The van der Waals surface area contributed by atoms with E-state index >= 15 is 0 Å². The van der Waals surface area contributed by atoms with Gasteiger partial charge < -0.3 is 20.3 Å². The number of amides is 1. The monoisotopic (exact) mass is 543 g/mol. The van der Waals surface area contributed by atoms with Crippen LogP contribution < -0.4 is 10.6 Å². The van der Waals surface area contributed by atoms with Crippen LogP contribution in [0.3, 0.4) is 0 Å². The van der Waals surface area contributed by atoms with Gasteiger partial charge in [0.2, 0.25) is 0 Å². The Labute approximate surface area is 204 Å². The van der Waals surface area contributed by atoms with Gasteiger partial charge in [0, 0.05) is 45.3 Å². The van der Waals surface area contributed by atoms with Crippen molar-refractivity contribution < 1.29 is 9.53 Å². The fourth-order valence-electron chi connectivity index (χ4n) is 4.34. The Morgan fingerprint density at radius 1 is 1.13 bits per heavy atom. The average Bonchev–Trinajstić information content (AvgIpc) is 2.79. The summed E-state index contributed by atoms with van der Waals surface area (Å²) in [5, 5.41) is 7.09. The molecule has 3 rings (SSSR count). The maximum absolute atomic E-state index is 11.9. The van der Waals surface area contributed by atoms with Crippen LogP contribution in [0.15, 0.2) is 35.3 Å². The van der Waals surface area contributed by atoms with Gasteiger partial charge in [0.1, 0.15) is 0 Å². The molecular formula is C23H38IN5O2. The van der Waals surface area contributed by atoms with Crippen LogP contribution in [0.4, 0.5) is 4.79 Å². The average molecular weight is 543 g/mol. The van der Waals surface area contributed by atoms with Crippen molar-refractivity contribution in [2.75, 3.05) is 39.8 Å². The number of hydrogen-bond donors (Lipinski definition) is 2. The highest BCUT2D eigenvalue weighted by Crippen LogP contribution is 2.19. The number of ether oxygens (including phenoxy) is 1. The normalized spacial score (nSPS) is 20.6. The van der Waals surface area contributed by atoms with Crippen LogP contribution in [0, 0.1) is 0 Å². The van der Waals surface area contributed by atoms with E-state index in [9.17, 15) is 4.79 Å². The van der Waals surface area contributed by atoms with Crippen molar-refractivity contribution in [2.45, 2.75) is 57.7 Å². The molecule has 1 atom stereocenters. The summed E-state index contributed by atoms with van der Waals surface area (Å²) in [5.74, 6) is 0.856. The number of nitrogens with one attached hydrogen (secondary N) is 2. The van der Waals surface area contributed by atoms with Gasteiger partial charge in [-0.05, 0) is 44.7 Å². The van der Waals surface area contributed by atoms with Crippen LogP contribution in [0.5, 0.6) is 0 Å². The first-order valence-corrected chi connectivity index (χ1v) is 11.4. The van der Waals surface area contributed by atoms with Crippen molar-refractivity contribution in [2.24, 2.45) is 4.99 Å². The topological polar surface area (TPSA) is 69.2 Å². The fourth-order valence-corrected chi connectivity index (χ4v) is 4.34. The Bertz CT molecular complexity index is 680. The van der Waals surface area contributed by atoms with E-state index in [1.165, 1.54) is 24.8 Å². The van der Waals surface area contributed by atoms with Crippen LogP contribution >= 0.6 is 24.0 Å². The highest BCUT2D eigenvalue weighted by molar-refractivity contribution is 14.0. The summed E-state index contributed by atoms with van der Waals surface area (Å²) in [7, 11) is 1.83. The number of halogens is 1. The molecule has 2 fully saturated rings. The third kappa shape index (κ3) is 8.14. The zero-order valence-electron chi connectivity index (χ0n) is 18.9. The second kappa shape index (κ2) is 13.8. The molecule has 1 amide bonds. The third-order valence-corrected chi connectivity index (χ3v) is 6.07. The Hall–Kier alpha value is -1.55. The van der Waals surface area contributed by atoms with Crippen molar-refractivity contribution in [3.8, 4) is 0 Å². The van der Waals surface area contributed by atoms with Gasteiger partial charge in [-0.15, -0.1) is 24.0 Å². The van der Waals surface area contributed by atoms with Crippen LogP contribution in [-0.4, -0.2) is 73.8 Å². The minimum Gasteiger partial charge on any atom is -0.450 e. The Balaban J connectivity index is 0.00000341. The van der Waals surface area contributed by atoms with E-state index in [-0.39, 0.29) is 30.1 Å². The number of carbonyl (C=O) groups is 1. The van der Waals surface area contributed by atoms with E-state index in [1.807, 2.05) is 14.0 Å². The molecule has 0 bridgehead atoms. The van der Waals surface area contributed by atoms with Gasteiger partial charge >= 0.3 is 6.09 Å². The SMILES string of the molecule is CCOC(=O)N1CCC(NC(=NC)NCC2CCCCN2Cc2ccccc2)CC1.I. The molecule has 0 saturated carbocycles. The minimum absolute atomic E-state index is 0. The molecule has 7 nitrogen and oxygen atoms in total.